The summed E-state index contributed by atoms with van der Waals surface area (Å²) in [4.78, 5) is 34.3. The summed E-state index contributed by atoms with van der Waals surface area (Å²) in [5.74, 6) is -0.987. The van der Waals surface area contributed by atoms with Gasteiger partial charge in [0.1, 0.15) is 5.60 Å². The van der Waals surface area contributed by atoms with E-state index in [0.717, 1.165) is 0 Å². The van der Waals surface area contributed by atoms with Crippen LogP contribution in [-0.2, 0) is 14.3 Å². The number of ether oxygens (including phenoxy) is 2. The maximum absolute atomic E-state index is 12.0. The molecule has 1 amide bonds. The molecule has 0 aliphatic carbocycles. The predicted molar refractivity (Wildman–Crippen MR) is 89.2 cm³/mol. The van der Waals surface area contributed by atoms with Gasteiger partial charge in [-0.2, -0.15) is 0 Å². The van der Waals surface area contributed by atoms with Crippen LogP contribution in [0.15, 0.2) is 0 Å². The van der Waals surface area contributed by atoms with Crippen molar-refractivity contribution in [3.63, 3.8) is 0 Å². The van der Waals surface area contributed by atoms with Crippen LogP contribution in [0.4, 0.5) is 4.79 Å². The van der Waals surface area contributed by atoms with Crippen molar-refractivity contribution in [1.29, 1.82) is 0 Å². The lowest BCUT2D eigenvalue weighted by molar-refractivity contribution is -0.489. The van der Waals surface area contributed by atoms with Gasteiger partial charge in [0.15, 0.2) is 0 Å². The first-order chi connectivity index (χ1) is 10.9. The minimum Gasteiger partial charge on any atom is -0.466 e. The first-order valence-electron chi connectivity index (χ1n) is 8.21. The Morgan fingerprint density at radius 3 is 2.25 bits per heavy atom. The van der Waals surface area contributed by atoms with Gasteiger partial charge in [0.05, 0.1) is 18.9 Å². The number of carbonyl (C=O) groups excluding carboxylic acids is 2. The third-order valence-corrected chi connectivity index (χ3v) is 3.11. The number of hydrogen-bond donors (Lipinski definition) is 1. The molecule has 0 heterocycles. The van der Waals surface area contributed by atoms with Gasteiger partial charge in [-0.1, -0.05) is 13.8 Å². The third kappa shape index (κ3) is 10.8. The topological polar surface area (TPSA) is 108 Å². The number of carbonyl (C=O) groups is 2. The molecule has 0 saturated heterocycles. The van der Waals surface area contributed by atoms with Crippen molar-refractivity contribution in [3.05, 3.63) is 10.1 Å². The SMILES string of the molecule is CCOC(=O)C[C@@H](C[N+](=O)[O-])[C@H](CC(C)C)NC(=O)OC(C)(C)C. The Morgan fingerprint density at radius 1 is 1.25 bits per heavy atom. The summed E-state index contributed by atoms with van der Waals surface area (Å²) >= 11 is 0. The Balaban J connectivity index is 5.16. The van der Waals surface area contributed by atoms with Crippen LogP contribution in [-0.4, -0.2) is 41.8 Å². The highest BCUT2D eigenvalue weighted by Gasteiger charge is 2.32. The molecular formula is C16H30N2O6. The Morgan fingerprint density at radius 2 is 1.83 bits per heavy atom. The zero-order valence-corrected chi connectivity index (χ0v) is 15.5. The molecule has 0 aliphatic heterocycles. The minimum atomic E-state index is -0.674. The Kier molecular flexibility index (Phi) is 9.32. The van der Waals surface area contributed by atoms with E-state index in [2.05, 4.69) is 5.32 Å². The number of nitrogens with one attached hydrogen (secondary N) is 1. The number of nitrogens with zero attached hydrogens (tertiary/aromatic N) is 1. The summed E-state index contributed by atoms with van der Waals surface area (Å²) in [6.45, 7) is 10.5. The lowest BCUT2D eigenvalue weighted by atomic mass is 9.89. The first kappa shape index (κ1) is 22.1. The number of amides is 1. The summed E-state index contributed by atoms with van der Waals surface area (Å²) < 4.78 is 10.1. The van der Waals surface area contributed by atoms with Gasteiger partial charge in [0, 0.05) is 11.0 Å². The highest BCUT2D eigenvalue weighted by molar-refractivity contribution is 5.70. The molecule has 0 aromatic rings. The summed E-state index contributed by atoms with van der Waals surface area (Å²) in [5.41, 5.74) is -0.674. The molecule has 0 spiro atoms. The molecule has 0 aromatic heterocycles. The van der Waals surface area contributed by atoms with Crippen LogP contribution in [0.25, 0.3) is 0 Å². The van der Waals surface area contributed by atoms with Crippen LogP contribution >= 0.6 is 0 Å². The van der Waals surface area contributed by atoms with Gasteiger partial charge >= 0.3 is 12.1 Å². The van der Waals surface area contributed by atoms with Crippen LogP contribution < -0.4 is 5.32 Å². The number of nitro groups is 1. The molecule has 0 saturated carbocycles. The molecule has 0 bridgehead atoms. The van der Waals surface area contributed by atoms with Crippen molar-refractivity contribution in [2.75, 3.05) is 13.2 Å². The molecule has 0 radical (unpaired) electrons. The molecule has 8 nitrogen and oxygen atoms in total. The van der Waals surface area contributed by atoms with Crippen LogP contribution in [0.3, 0.4) is 0 Å². The Labute approximate surface area is 143 Å². The molecule has 0 aromatic carbocycles. The monoisotopic (exact) mass is 346 g/mol. The average Bonchev–Trinajstić information content (AvgIpc) is 2.33. The van der Waals surface area contributed by atoms with Gasteiger partial charge in [0.2, 0.25) is 6.54 Å². The highest BCUT2D eigenvalue weighted by Crippen LogP contribution is 2.19. The molecule has 2 atom stereocenters. The van der Waals surface area contributed by atoms with Crippen molar-refractivity contribution >= 4 is 12.1 Å². The fourth-order valence-electron chi connectivity index (χ4n) is 2.30. The fourth-order valence-corrected chi connectivity index (χ4v) is 2.30. The first-order valence-corrected chi connectivity index (χ1v) is 8.21. The van der Waals surface area contributed by atoms with E-state index < -0.39 is 41.1 Å². The summed E-state index contributed by atoms with van der Waals surface area (Å²) in [5, 5.41) is 13.6. The fraction of sp³-hybridized carbons (Fsp3) is 0.875. The smallest absolute Gasteiger partial charge is 0.407 e. The van der Waals surface area contributed by atoms with Crippen molar-refractivity contribution in [2.45, 2.75) is 66.0 Å². The quantitative estimate of drug-likeness (QED) is 0.391. The van der Waals surface area contributed by atoms with E-state index in [-0.39, 0.29) is 18.9 Å². The third-order valence-electron chi connectivity index (χ3n) is 3.11. The molecule has 24 heavy (non-hydrogen) atoms. The van der Waals surface area contributed by atoms with Crippen molar-refractivity contribution < 1.29 is 24.0 Å². The Hall–Kier alpha value is -1.86. The van der Waals surface area contributed by atoms with Gasteiger partial charge in [0.25, 0.3) is 0 Å². The van der Waals surface area contributed by atoms with Gasteiger partial charge in [-0.05, 0) is 40.0 Å². The standard InChI is InChI=1S/C16H30N2O6/c1-7-23-14(19)9-12(10-18(21)22)13(8-11(2)3)17-15(20)24-16(4,5)6/h11-13H,7-10H2,1-6H3,(H,17,20)/t12-,13-/m0/s1. The molecule has 0 aliphatic rings. The number of hydrogen-bond acceptors (Lipinski definition) is 6. The Bertz CT molecular complexity index is 431. The molecule has 140 valence electrons. The van der Waals surface area contributed by atoms with Crippen LogP contribution in [0, 0.1) is 22.0 Å². The average molecular weight is 346 g/mol. The van der Waals surface area contributed by atoms with E-state index in [0.29, 0.717) is 6.42 Å². The second kappa shape index (κ2) is 10.1. The maximum atomic E-state index is 12.0. The second-order valence-corrected chi connectivity index (χ2v) is 7.17. The normalized spacial score (nSPS) is 14.0. The van der Waals surface area contributed by atoms with Gasteiger partial charge in [-0.15, -0.1) is 0 Å². The molecule has 8 heteroatoms. The van der Waals surface area contributed by atoms with Crippen molar-refractivity contribution in [3.8, 4) is 0 Å². The predicted octanol–water partition coefficient (Wildman–Crippen LogP) is 2.77. The zero-order valence-electron chi connectivity index (χ0n) is 15.5. The van der Waals surface area contributed by atoms with E-state index >= 15 is 0 Å². The number of rotatable bonds is 9. The second-order valence-electron chi connectivity index (χ2n) is 7.17. The van der Waals surface area contributed by atoms with Crippen LogP contribution in [0.1, 0.15) is 54.4 Å². The molecular weight excluding hydrogens is 316 g/mol. The van der Waals surface area contributed by atoms with Crippen molar-refractivity contribution in [1.82, 2.24) is 5.32 Å². The lowest BCUT2D eigenvalue weighted by Gasteiger charge is -2.28. The van der Waals surface area contributed by atoms with Gasteiger partial charge in [-0.3, -0.25) is 14.9 Å². The summed E-state index contributed by atoms with van der Waals surface area (Å²) in [6, 6.07) is -0.547. The largest absolute Gasteiger partial charge is 0.466 e. The lowest BCUT2D eigenvalue weighted by Crippen LogP contribution is -2.46. The van der Waals surface area contributed by atoms with E-state index in [1.807, 2.05) is 13.8 Å². The molecule has 0 rings (SSSR count). The molecule has 1 N–H and O–H groups in total. The van der Waals surface area contributed by atoms with Crippen molar-refractivity contribution in [2.24, 2.45) is 11.8 Å². The van der Waals surface area contributed by atoms with E-state index in [4.69, 9.17) is 9.47 Å². The van der Waals surface area contributed by atoms with E-state index in [1.165, 1.54) is 0 Å². The van der Waals surface area contributed by atoms with Gasteiger partial charge < -0.3 is 14.8 Å². The van der Waals surface area contributed by atoms with Crippen LogP contribution in [0.2, 0.25) is 0 Å². The molecule has 0 unspecified atom stereocenters. The maximum Gasteiger partial charge on any atom is 0.407 e. The van der Waals surface area contributed by atoms with E-state index in [1.54, 1.807) is 27.7 Å². The number of alkyl carbamates (subject to hydrolysis) is 1. The number of esters is 1. The molecule has 0 fully saturated rings. The minimum absolute atomic E-state index is 0.123. The summed E-state index contributed by atoms with van der Waals surface area (Å²) in [6.07, 6.45) is -0.274. The zero-order chi connectivity index (χ0) is 18.9. The van der Waals surface area contributed by atoms with Gasteiger partial charge in [-0.25, -0.2) is 4.79 Å². The highest BCUT2D eigenvalue weighted by atomic mass is 16.6. The van der Waals surface area contributed by atoms with Crippen LogP contribution in [0.5, 0.6) is 0 Å². The van der Waals surface area contributed by atoms with E-state index in [9.17, 15) is 19.7 Å². The summed E-state index contributed by atoms with van der Waals surface area (Å²) in [7, 11) is 0.